The molecule has 4 rings (SSSR count). The van der Waals surface area contributed by atoms with Crippen LogP contribution in [-0.2, 0) is 6.54 Å². The Morgan fingerprint density at radius 1 is 0.886 bits per heavy atom. The maximum absolute atomic E-state index is 13.7. The molecule has 0 bridgehead atoms. The minimum atomic E-state index is 0.187. The first kappa shape index (κ1) is 26.2. The fourth-order valence-electron chi connectivity index (χ4n) is 6.04. The smallest absolute Gasteiger partial charge is 0.254 e. The first-order chi connectivity index (χ1) is 17.0. The average molecular weight is 497 g/mol. The molecule has 4 nitrogen and oxygen atoms in total. The van der Waals surface area contributed by atoms with Crippen molar-refractivity contribution in [1.82, 2.24) is 9.80 Å². The largest absolute Gasteiger partial charge is 0.396 e. The van der Waals surface area contributed by atoms with Gasteiger partial charge in [-0.25, -0.2) is 0 Å². The van der Waals surface area contributed by atoms with E-state index in [4.69, 9.17) is 16.7 Å². The van der Waals surface area contributed by atoms with Gasteiger partial charge in [0.2, 0.25) is 0 Å². The molecule has 190 valence electrons. The van der Waals surface area contributed by atoms with Crippen LogP contribution in [0, 0.1) is 0 Å². The normalized spacial score (nSPS) is 21.3. The number of hydrogen-bond acceptors (Lipinski definition) is 3. The maximum Gasteiger partial charge on any atom is 0.254 e. The fourth-order valence-corrected chi connectivity index (χ4v) is 6.17. The molecule has 2 aromatic rings. The Bertz CT molecular complexity index is 916. The van der Waals surface area contributed by atoms with Crippen LogP contribution in [0.15, 0.2) is 48.5 Å². The zero-order valence-electron chi connectivity index (χ0n) is 21.2. The van der Waals surface area contributed by atoms with Gasteiger partial charge >= 0.3 is 0 Å². The first-order valence-electron chi connectivity index (χ1n) is 13.5. The first-order valence-corrected chi connectivity index (χ1v) is 13.9. The Balaban J connectivity index is 1.39. The van der Waals surface area contributed by atoms with E-state index in [1.54, 1.807) is 0 Å². The monoisotopic (exact) mass is 496 g/mol. The second-order valence-electron chi connectivity index (χ2n) is 10.6. The van der Waals surface area contributed by atoms with E-state index in [1.807, 2.05) is 24.3 Å². The molecule has 2 saturated carbocycles. The van der Waals surface area contributed by atoms with Gasteiger partial charge in [-0.1, -0.05) is 55.1 Å². The molecule has 0 aromatic heterocycles. The summed E-state index contributed by atoms with van der Waals surface area (Å²) in [5.41, 5.74) is 3.51. The number of rotatable bonds is 9. The summed E-state index contributed by atoms with van der Waals surface area (Å²) in [6.45, 7) is 2.07. The van der Waals surface area contributed by atoms with E-state index in [-0.39, 0.29) is 12.5 Å². The molecule has 1 N–H and O–H groups in total. The van der Waals surface area contributed by atoms with E-state index >= 15 is 0 Å². The Labute approximate surface area is 216 Å². The summed E-state index contributed by atoms with van der Waals surface area (Å²) < 4.78 is 0. The fraction of sp³-hybridized carbons (Fsp3) is 0.567. The maximum atomic E-state index is 13.7. The zero-order valence-corrected chi connectivity index (χ0v) is 21.9. The highest BCUT2D eigenvalue weighted by molar-refractivity contribution is 6.30. The molecule has 2 aliphatic carbocycles. The van der Waals surface area contributed by atoms with Crippen LogP contribution < -0.4 is 0 Å². The molecular weight excluding hydrogens is 456 g/mol. The van der Waals surface area contributed by atoms with Crippen molar-refractivity contribution < 1.29 is 9.90 Å². The van der Waals surface area contributed by atoms with E-state index in [0.717, 1.165) is 63.6 Å². The molecule has 0 atom stereocenters. The van der Waals surface area contributed by atoms with Crippen molar-refractivity contribution in [3.05, 3.63) is 70.2 Å². The Morgan fingerprint density at radius 2 is 1.51 bits per heavy atom. The van der Waals surface area contributed by atoms with E-state index in [9.17, 15) is 4.79 Å². The number of carbonyl (C=O) groups is 1. The third kappa shape index (κ3) is 7.09. The molecule has 0 aliphatic heterocycles. The summed E-state index contributed by atoms with van der Waals surface area (Å²) in [5.74, 6) is 0.762. The quantitative estimate of drug-likeness (QED) is 0.422. The lowest BCUT2D eigenvalue weighted by atomic mass is 9.80. The van der Waals surface area contributed by atoms with Gasteiger partial charge in [-0.05, 0) is 93.3 Å². The van der Waals surface area contributed by atoms with Crippen molar-refractivity contribution in [1.29, 1.82) is 0 Å². The number of aliphatic hydroxyl groups excluding tert-OH is 1. The van der Waals surface area contributed by atoms with Crippen LogP contribution >= 0.6 is 11.6 Å². The van der Waals surface area contributed by atoms with Crippen molar-refractivity contribution in [2.24, 2.45) is 0 Å². The predicted octanol–water partition coefficient (Wildman–Crippen LogP) is 6.66. The number of amides is 1. The molecule has 0 unspecified atom stereocenters. The number of carbonyl (C=O) groups excluding carboxylic acids is 1. The third-order valence-corrected chi connectivity index (χ3v) is 8.24. The van der Waals surface area contributed by atoms with E-state index in [0.29, 0.717) is 23.0 Å². The lowest BCUT2D eigenvalue weighted by Gasteiger charge is -2.43. The standard InChI is InChI=1S/C30H41ClN2O2/c1-32(20-5-21-34)22-23-8-10-24(11-9-23)25-14-18-29(19-15-25)33(28-6-3-2-4-7-28)30(35)26-12-16-27(31)17-13-26/h8-13,16-17,25,28-29,34H,2-7,14-15,18-22H2,1H3. The van der Waals surface area contributed by atoms with Crippen molar-refractivity contribution in [2.45, 2.75) is 88.8 Å². The molecule has 35 heavy (non-hydrogen) atoms. The molecule has 0 radical (unpaired) electrons. The van der Waals surface area contributed by atoms with Crippen LogP contribution in [0.3, 0.4) is 0 Å². The van der Waals surface area contributed by atoms with Gasteiger partial charge in [-0.2, -0.15) is 0 Å². The summed E-state index contributed by atoms with van der Waals surface area (Å²) in [4.78, 5) is 18.2. The number of nitrogens with zero attached hydrogens (tertiary/aromatic N) is 2. The molecule has 2 aromatic carbocycles. The molecule has 0 spiro atoms. The summed E-state index contributed by atoms with van der Waals surface area (Å²) >= 11 is 6.09. The number of aliphatic hydroxyl groups is 1. The molecular formula is C30H41ClN2O2. The van der Waals surface area contributed by atoms with Crippen LogP contribution in [-0.4, -0.2) is 53.1 Å². The summed E-state index contributed by atoms with van der Waals surface area (Å²) in [5, 5.41) is 9.71. The summed E-state index contributed by atoms with van der Waals surface area (Å²) in [7, 11) is 2.11. The highest BCUT2D eigenvalue weighted by atomic mass is 35.5. The SMILES string of the molecule is CN(CCCO)Cc1ccc(C2CCC(N(C(=O)c3ccc(Cl)cc3)C3CCCCC3)CC2)cc1. The topological polar surface area (TPSA) is 43.8 Å². The lowest BCUT2D eigenvalue weighted by Crippen LogP contribution is -2.49. The van der Waals surface area contributed by atoms with Crippen molar-refractivity contribution >= 4 is 17.5 Å². The van der Waals surface area contributed by atoms with Crippen LogP contribution in [0.25, 0.3) is 0 Å². The molecule has 2 aliphatic rings. The van der Waals surface area contributed by atoms with E-state index < -0.39 is 0 Å². The van der Waals surface area contributed by atoms with Gasteiger partial charge in [0, 0.05) is 42.4 Å². The molecule has 0 heterocycles. The van der Waals surface area contributed by atoms with Gasteiger partial charge in [0.25, 0.3) is 5.91 Å². The van der Waals surface area contributed by atoms with Gasteiger partial charge in [-0.3, -0.25) is 4.79 Å². The minimum absolute atomic E-state index is 0.187. The van der Waals surface area contributed by atoms with E-state index in [2.05, 4.69) is 41.1 Å². The van der Waals surface area contributed by atoms with Gasteiger partial charge in [0.15, 0.2) is 0 Å². The van der Waals surface area contributed by atoms with Crippen LogP contribution in [0.4, 0.5) is 0 Å². The Kier molecular flexibility index (Phi) is 9.65. The molecule has 5 heteroatoms. The number of hydrogen-bond donors (Lipinski definition) is 1. The highest BCUT2D eigenvalue weighted by Crippen LogP contribution is 2.38. The number of benzene rings is 2. The van der Waals surface area contributed by atoms with Crippen molar-refractivity contribution in [3.63, 3.8) is 0 Å². The Hall–Kier alpha value is -1.88. The van der Waals surface area contributed by atoms with Gasteiger partial charge in [-0.15, -0.1) is 0 Å². The van der Waals surface area contributed by atoms with Crippen LogP contribution in [0.2, 0.25) is 5.02 Å². The third-order valence-electron chi connectivity index (χ3n) is 7.99. The van der Waals surface area contributed by atoms with Crippen molar-refractivity contribution in [3.8, 4) is 0 Å². The zero-order chi connectivity index (χ0) is 24.6. The van der Waals surface area contributed by atoms with Gasteiger partial charge < -0.3 is 14.9 Å². The highest BCUT2D eigenvalue weighted by Gasteiger charge is 2.35. The minimum Gasteiger partial charge on any atom is -0.396 e. The lowest BCUT2D eigenvalue weighted by molar-refractivity contribution is 0.0437. The number of halogens is 1. The van der Waals surface area contributed by atoms with Crippen LogP contribution in [0.5, 0.6) is 0 Å². The van der Waals surface area contributed by atoms with E-state index in [1.165, 1.54) is 30.4 Å². The van der Waals surface area contributed by atoms with Crippen LogP contribution in [0.1, 0.15) is 91.6 Å². The average Bonchev–Trinajstić information content (AvgIpc) is 2.89. The van der Waals surface area contributed by atoms with Gasteiger partial charge in [0.1, 0.15) is 0 Å². The van der Waals surface area contributed by atoms with Crippen molar-refractivity contribution in [2.75, 3.05) is 20.2 Å². The second-order valence-corrected chi connectivity index (χ2v) is 11.0. The molecule has 2 fully saturated rings. The molecule has 0 saturated heterocycles. The summed E-state index contributed by atoms with van der Waals surface area (Å²) in [6.07, 6.45) is 11.3. The Morgan fingerprint density at radius 3 is 2.14 bits per heavy atom. The molecule has 1 amide bonds. The van der Waals surface area contributed by atoms with Gasteiger partial charge in [0.05, 0.1) is 0 Å². The second kappa shape index (κ2) is 12.9. The predicted molar refractivity (Wildman–Crippen MR) is 144 cm³/mol. The summed E-state index contributed by atoms with van der Waals surface area (Å²) in [6, 6.07) is 17.3.